The molecule has 0 spiro atoms. The Balaban J connectivity index is 2.40. The molecule has 1 atom stereocenters. The first-order valence-corrected chi connectivity index (χ1v) is 5.92. The zero-order valence-electron chi connectivity index (χ0n) is 9.20. The summed E-state index contributed by atoms with van der Waals surface area (Å²) >= 11 is 1.69. The average molecular weight is 236 g/mol. The minimum Gasteiger partial charge on any atom is -0.309 e. The summed E-state index contributed by atoms with van der Waals surface area (Å²) in [6.07, 6.45) is 2.91. The maximum absolute atomic E-state index is 13.1. The summed E-state index contributed by atoms with van der Waals surface area (Å²) in [5, 5.41) is 5.23. The van der Waals surface area contributed by atoms with Crippen molar-refractivity contribution in [2.24, 2.45) is 0 Å². The Morgan fingerprint density at radius 3 is 2.81 bits per heavy atom. The van der Waals surface area contributed by atoms with Crippen LogP contribution < -0.4 is 5.32 Å². The van der Waals surface area contributed by atoms with Crippen LogP contribution in [0.2, 0.25) is 0 Å². The molecule has 0 aromatic carbocycles. The molecule has 1 N–H and O–H groups in total. The molecular formula is C12H13FN2S. The number of nitrogens with one attached hydrogen (secondary N) is 1. The molecular weight excluding hydrogens is 223 g/mol. The van der Waals surface area contributed by atoms with E-state index in [0.717, 1.165) is 5.56 Å². The molecule has 0 radical (unpaired) electrons. The third kappa shape index (κ3) is 2.13. The largest absolute Gasteiger partial charge is 0.309 e. The van der Waals surface area contributed by atoms with Crippen LogP contribution in [0.4, 0.5) is 4.39 Å². The Bertz CT molecular complexity index is 481. The maximum Gasteiger partial charge on any atom is 0.141 e. The lowest BCUT2D eigenvalue weighted by molar-refractivity contribution is 0.608. The number of hydrogen-bond acceptors (Lipinski definition) is 3. The van der Waals surface area contributed by atoms with Gasteiger partial charge in [0.15, 0.2) is 0 Å². The zero-order chi connectivity index (χ0) is 11.5. The van der Waals surface area contributed by atoms with E-state index in [-0.39, 0.29) is 11.9 Å². The zero-order valence-corrected chi connectivity index (χ0v) is 10.0. The molecule has 4 heteroatoms. The lowest BCUT2D eigenvalue weighted by Gasteiger charge is -2.16. The first-order chi connectivity index (χ1) is 7.72. The summed E-state index contributed by atoms with van der Waals surface area (Å²) < 4.78 is 13.1. The average Bonchev–Trinajstić information content (AvgIpc) is 2.67. The molecule has 2 aromatic rings. The second-order valence-electron chi connectivity index (χ2n) is 3.59. The van der Waals surface area contributed by atoms with Crippen molar-refractivity contribution in [2.75, 3.05) is 7.05 Å². The lowest BCUT2D eigenvalue weighted by Crippen LogP contribution is -2.18. The van der Waals surface area contributed by atoms with Crippen molar-refractivity contribution in [1.29, 1.82) is 0 Å². The van der Waals surface area contributed by atoms with Gasteiger partial charge >= 0.3 is 0 Å². The van der Waals surface area contributed by atoms with Gasteiger partial charge in [-0.25, -0.2) is 4.39 Å². The molecule has 0 bridgehead atoms. The summed E-state index contributed by atoms with van der Waals surface area (Å²) in [6.45, 7) is 2.07. The van der Waals surface area contributed by atoms with Gasteiger partial charge in [-0.2, -0.15) is 0 Å². The van der Waals surface area contributed by atoms with Crippen LogP contribution in [-0.2, 0) is 0 Å². The molecule has 1 unspecified atom stereocenters. The Labute approximate surface area is 98.2 Å². The third-order valence-electron chi connectivity index (χ3n) is 2.56. The highest BCUT2D eigenvalue weighted by atomic mass is 32.1. The quantitative estimate of drug-likeness (QED) is 0.886. The van der Waals surface area contributed by atoms with Gasteiger partial charge < -0.3 is 5.32 Å². The fourth-order valence-electron chi connectivity index (χ4n) is 1.78. The number of aromatic nitrogens is 1. The smallest absolute Gasteiger partial charge is 0.141 e. The van der Waals surface area contributed by atoms with E-state index < -0.39 is 0 Å². The van der Waals surface area contributed by atoms with Crippen molar-refractivity contribution in [2.45, 2.75) is 13.0 Å². The molecule has 2 nitrogen and oxygen atoms in total. The van der Waals surface area contributed by atoms with Crippen LogP contribution in [0.1, 0.15) is 22.0 Å². The lowest BCUT2D eigenvalue weighted by atomic mass is 10.0. The highest BCUT2D eigenvalue weighted by Gasteiger charge is 2.15. The van der Waals surface area contributed by atoms with Crippen LogP contribution in [0.25, 0.3) is 0 Å². The second-order valence-corrected chi connectivity index (χ2v) is 4.71. The fourth-order valence-corrected chi connectivity index (χ4v) is 2.52. The van der Waals surface area contributed by atoms with E-state index in [0.29, 0.717) is 0 Å². The topological polar surface area (TPSA) is 24.9 Å². The number of thiophene rings is 1. The van der Waals surface area contributed by atoms with Gasteiger partial charge in [0.05, 0.1) is 12.2 Å². The molecule has 16 heavy (non-hydrogen) atoms. The van der Waals surface area contributed by atoms with Gasteiger partial charge in [0.25, 0.3) is 0 Å². The number of halogens is 1. The predicted octanol–water partition coefficient (Wildman–Crippen LogP) is 2.90. The highest BCUT2D eigenvalue weighted by molar-refractivity contribution is 7.10. The van der Waals surface area contributed by atoms with E-state index in [1.807, 2.05) is 12.4 Å². The van der Waals surface area contributed by atoms with Crippen LogP contribution in [-0.4, -0.2) is 12.0 Å². The van der Waals surface area contributed by atoms with E-state index in [1.165, 1.54) is 22.7 Å². The molecule has 0 saturated heterocycles. The van der Waals surface area contributed by atoms with Gasteiger partial charge in [-0.3, -0.25) is 4.98 Å². The molecule has 2 aromatic heterocycles. The predicted molar refractivity (Wildman–Crippen MR) is 64.2 cm³/mol. The summed E-state index contributed by atoms with van der Waals surface area (Å²) in [7, 11) is 1.87. The van der Waals surface area contributed by atoms with Gasteiger partial charge in [-0.15, -0.1) is 11.3 Å². The highest BCUT2D eigenvalue weighted by Crippen LogP contribution is 2.27. The summed E-state index contributed by atoms with van der Waals surface area (Å²) in [6, 6.07) is 3.59. The van der Waals surface area contributed by atoms with Crippen molar-refractivity contribution < 1.29 is 4.39 Å². The molecule has 0 aliphatic heterocycles. The Morgan fingerprint density at radius 2 is 2.25 bits per heavy atom. The van der Waals surface area contributed by atoms with Crippen molar-refractivity contribution in [1.82, 2.24) is 10.3 Å². The van der Waals surface area contributed by atoms with Crippen LogP contribution in [0.15, 0.2) is 29.9 Å². The first-order valence-electron chi connectivity index (χ1n) is 5.04. The number of rotatable bonds is 3. The number of hydrogen-bond donors (Lipinski definition) is 1. The number of pyridine rings is 1. The maximum atomic E-state index is 13.1. The van der Waals surface area contributed by atoms with Gasteiger partial charge in [0, 0.05) is 11.1 Å². The van der Waals surface area contributed by atoms with Crippen LogP contribution in [0.3, 0.4) is 0 Å². The summed E-state index contributed by atoms with van der Waals surface area (Å²) in [4.78, 5) is 5.12. The molecule has 0 saturated carbocycles. The SMILES string of the molecule is CNC(c1cncc(F)c1)c1ccsc1C. The molecule has 0 aliphatic carbocycles. The second kappa shape index (κ2) is 4.72. The van der Waals surface area contributed by atoms with Crippen molar-refractivity contribution in [3.8, 4) is 0 Å². The van der Waals surface area contributed by atoms with Gasteiger partial charge in [0.1, 0.15) is 5.82 Å². The van der Waals surface area contributed by atoms with Crippen LogP contribution in [0, 0.1) is 12.7 Å². The van der Waals surface area contributed by atoms with Gasteiger partial charge in [-0.1, -0.05) is 0 Å². The minimum absolute atomic E-state index is 0.00875. The Morgan fingerprint density at radius 1 is 1.44 bits per heavy atom. The molecule has 2 heterocycles. The van der Waals surface area contributed by atoms with E-state index in [4.69, 9.17) is 0 Å². The van der Waals surface area contributed by atoms with E-state index >= 15 is 0 Å². The van der Waals surface area contributed by atoms with Crippen molar-refractivity contribution in [3.05, 3.63) is 51.7 Å². The molecule has 0 aliphatic rings. The monoisotopic (exact) mass is 236 g/mol. The van der Waals surface area contributed by atoms with Crippen LogP contribution in [0.5, 0.6) is 0 Å². The van der Waals surface area contributed by atoms with Gasteiger partial charge in [-0.05, 0) is 42.6 Å². The van der Waals surface area contributed by atoms with E-state index in [9.17, 15) is 4.39 Å². The Hall–Kier alpha value is -1.26. The normalized spacial score (nSPS) is 12.7. The molecule has 0 amide bonds. The number of nitrogens with zero attached hydrogens (tertiary/aromatic N) is 1. The van der Waals surface area contributed by atoms with E-state index in [2.05, 4.69) is 23.3 Å². The molecule has 84 valence electrons. The van der Waals surface area contributed by atoms with Crippen LogP contribution >= 0.6 is 11.3 Å². The third-order valence-corrected chi connectivity index (χ3v) is 3.42. The first kappa shape index (κ1) is 11.2. The standard InChI is InChI=1S/C12H13FN2S/c1-8-11(3-4-16-8)12(14-2)9-5-10(13)7-15-6-9/h3-7,12,14H,1-2H3. The van der Waals surface area contributed by atoms with Crippen molar-refractivity contribution >= 4 is 11.3 Å². The van der Waals surface area contributed by atoms with E-state index in [1.54, 1.807) is 17.5 Å². The fraction of sp³-hybridized carbons (Fsp3) is 0.250. The number of aryl methyl sites for hydroxylation is 1. The molecule has 0 fully saturated rings. The van der Waals surface area contributed by atoms with Crippen molar-refractivity contribution in [3.63, 3.8) is 0 Å². The van der Waals surface area contributed by atoms with Gasteiger partial charge in [0.2, 0.25) is 0 Å². The molecule has 2 rings (SSSR count). The minimum atomic E-state index is -0.300. The Kier molecular flexibility index (Phi) is 3.31. The summed E-state index contributed by atoms with van der Waals surface area (Å²) in [5.74, 6) is -0.300. The summed E-state index contributed by atoms with van der Waals surface area (Å²) in [5.41, 5.74) is 2.03.